The normalized spacial score (nSPS) is 11.2. The number of anilines is 1. The van der Waals surface area contributed by atoms with Crippen LogP contribution < -0.4 is 15.1 Å². The summed E-state index contributed by atoms with van der Waals surface area (Å²) in [5.41, 5.74) is 3.30. The van der Waals surface area contributed by atoms with Gasteiger partial charge in [-0.15, -0.1) is 0 Å². The van der Waals surface area contributed by atoms with Gasteiger partial charge >= 0.3 is 0 Å². The van der Waals surface area contributed by atoms with Gasteiger partial charge in [0.15, 0.2) is 5.75 Å². The molecular weight excluding hydrogens is 536 g/mol. The number of hydrogen-bond donors (Lipinski definition) is 0. The molecule has 2 rings (SSSR count). The summed E-state index contributed by atoms with van der Waals surface area (Å²) in [4.78, 5) is 14.7. The minimum atomic E-state index is -0.0323. The number of nitrogens with zero attached hydrogens (tertiary/aromatic N) is 2. The fourth-order valence-corrected chi connectivity index (χ4v) is 5.38. The van der Waals surface area contributed by atoms with Crippen molar-refractivity contribution in [2.45, 2.75) is 122 Å². The van der Waals surface area contributed by atoms with Crippen LogP contribution in [0.25, 0.3) is 0 Å². The highest BCUT2D eigenvalue weighted by Crippen LogP contribution is 2.17. The predicted molar refractivity (Wildman–Crippen MR) is 168 cm³/mol. The van der Waals surface area contributed by atoms with E-state index in [9.17, 15) is 4.79 Å². The molecule has 0 amide bonds. The number of rotatable bonds is 22. The van der Waals surface area contributed by atoms with Crippen LogP contribution in [0.5, 0.6) is 5.75 Å². The summed E-state index contributed by atoms with van der Waals surface area (Å²) in [7, 11) is 4.09. The maximum atomic E-state index is 12.6. The molecule has 38 heavy (non-hydrogen) atoms. The van der Waals surface area contributed by atoms with Crippen molar-refractivity contribution in [1.29, 1.82) is 0 Å². The molecule has 0 fully saturated rings. The number of aromatic nitrogens is 1. The van der Waals surface area contributed by atoms with E-state index in [1.807, 2.05) is 20.3 Å². The van der Waals surface area contributed by atoms with Crippen LogP contribution in [0.1, 0.15) is 121 Å². The summed E-state index contributed by atoms with van der Waals surface area (Å²) in [5.74, 6) is 0.459. The second-order valence-corrected chi connectivity index (χ2v) is 11.5. The van der Waals surface area contributed by atoms with E-state index < -0.39 is 0 Å². The van der Waals surface area contributed by atoms with Crippen LogP contribution in [0.3, 0.4) is 0 Å². The molecule has 1 aromatic carbocycles. The third-order valence-corrected chi connectivity index (χ3v) is 7.96. The second-order valence-electron chi connectivity index (χ2n) is 11.0. The Bertz CT molecular complexity index is 924. The molecule has 214 valence electrons. The highest BCUT2D eigenvalue weighted by Gasteiger charge is 2.08. The fourth-order valence-electron chi connectivity index (χ4n) is 4.89. The molecule has 5 heteroatoms. The van der Waals surface area contributed by atoms with Crippen molar-refractivity contribution in [1.82, 2.24) is 4.57 Å². The molecule has 0 saturated heterocycles. The van der Waals surface area contributed by atoms with Crippen LogP contribution in [0.15, 0.2) is 41.3 Å². The summed E-state index contributed by atoms with van der Waals surface area (Å²) in [5, 5.41) is 0.636. The zero-order valence-electron chi connectivity index (χ0n) is 24.5. The van der Waals surface area contributed by atoms with Gasteiger partial charge in [0.05, 0.1) is 12.8 Å². The van der Waals surface area contributed by atoms with E-state index in [1.165, 1.54) is 108 Å². The Labute approximate surface area is 241 Å². The van der Waals surface area contributed by atoms with Crippen molar-refractivity contribution >= 4 is 21.6 Å². The van der Waals surface area contributed by atoms with Gasteiger partial charge in [0, 0.05) is 43.4 Å². The van der Waals surface area contributed by atoms with Crippen LogP contribution in [0, 0.1) is 0 Å². The average molecular weight is 590 g/mol. The van der Waals surface area contributed by atoms with Gasteiger partial charge in [-0.2, -0.15) is 0 Å². The minimum Gasteiger partial charge on any atom is -0.488 e. The number of halogens is 1. The monoisotopic (exact) mass is 588 g/mol. The van der Waals surface area contributed by atoms with Crippen LogP contribution >= 0.6 is 15.9 Å². The molecule has 0 aliphatic carbocycles. The summed E-state index contributed by atoms with van der Waals surface area (Å²) in [6.07, 6.45) is 23.5. The predicted octanol–water partition coefficient (Wildman–Crippen LogP) is 9.50. The SMILES string of the molecule is CCCCCCCCCCCCCCCCCCOc1cn(Cc2ccc(N(C)C)cc2)c(CBr)cc1=O. The van der Waals surface area contributed by atoms with E-state index in [2.05, 4.69) is 56.6 Å². The lowest BCUT2D eigenvalue weighted by Gasteiger charge is -2.16. The maximum absolute atomic E-state index is 12.6. The van der Waals surface area contributed by atoms with E-state index in [4.69, 9.17) is 4.74 Å². The molecule has 1 aromatic heterocycles. The summed E-state index contributed by atoms with van der Waals surface area (Å²) >= 11 is 3.53. The Hall–Kier alpha value is -1.75. The van der Waals surface area contributed by atoms with Gasteiger partial charge in [-0.3, -0.25) is 4.79 Å². The molecule has 0 bridgehead atoms. The third-order valence-electron chi connectivity index (χ3n) is 7.38. The third kappa shape index (κ3) is 13.4. The Kier molecular flexibility index (Phi) is 17.3. The molecule has 0 aliphatic rings. The minimum absolute atomic E-state index is 0.0323. The van der Waals surface area contributed by atoms with E-state index in [1.54, 1.807) is 6.07 Å². The molecule has 2 aromatic rings. The topological polar surface area (TPSA) is 34.5 Å². The first kappa shape index (κ1) is 32.5. The molecule has 0 saturated carbocycles. The lowest BCUT2D eigenvalue weighted by Crippen LogP contribution is -2.16. The number of alkyl halides is 1. The number of unbranched alkanes of at least 4 members (excludes halogenated alkanes) is 15. The molecule has 0 aliphatic heterocycles. The van der Waals surface area contributed by atoms with E-state index in [0.717, 1.165) is 12.1 Å². The first-order valence-electron chi connectivity index (χ1n) is 15.2. The number of benzene rings is 1. The highest BCUT2D eigenvalue weighted by atomic mass is 79.9. The summed E-state index contributed by atoms with van der Waals surface area (Å²) in [6.45, 7) is 3.61. The van der Waals surface area contributed by atoms with Crippen LogP contribution in [0.4, 0.5) is 5.69 Å². The lowest BCUT2D eigenvalue weighted by molar-refractivity contribution is 0.298. The number of hydrogen-bond acceptors (Lipinski definition) is 3. The number of pyridine rings is 1. The smallest absolute Gasteiger partial charge is 0.223 e. The van der Waals surface area contributed by atoms with Gasteiger partial charge < -0.3 is 14.2 Å². The van der Waals surface area contributed by atoms with Crippen LogP contribution in [-0.2, 0) is 11.9 Å². The van der Waals surface area contributed by atoms with Crippen LogP contribution in [0.2, 0.25) is 0 Å². The van der Waals surface area contributed by atoms with E-state index in [-0.39, 0.29) is 5.43 Å². The summed E-state index contributed by atoms with van der Waals surface area (Å²) in [6, 6.07) is 10.2. The van der Waals surface area contributed by atoms with Crippen molar-refractivity contribution < 1.29 is 4.74 Å². The standard InChI is InChI=1S/C33H53BrN2O2/c1-4-5-6-7-8-9-10-11-12-13-14-15-16-17-18-19-24-38-33-28-36(31(26-34)25-32(33)37)27-29-20-22-30(23-21-29)35(2)3/h20-23,25,28H,4-19,24,26-27H2,1-3H3. The van der Waals surface area contributed by atoms with Crippen molar-refractivity contribution in [3.8, 4) is 5.75 Å². The van der Waals surface area contributed by atoms with Crippen molar-refractivity contribution in [3.05, 3.63) is 58.0 Å². The number of ether oxygens (including phenoxy) is 1. The average Bonchev–Trinajstić information content (AvgIpc) is 2.92. The van der Waals surface area contributed by atoms with Crippen molar-refractivity contribution in [2.75, 3.05) is 25.6 Å². The Morgan fingerprint density at radius 2 is 1.26 bits per heavy atom. The molecule has 0 radical (unpaired) electrons. The quantitative estimate of drug-likeness (QED) is 0.101. The van der Waals surface area contributed by atoms with Crippen LogP contribution in [-0.4, -0.2) is 25.3 Å². The largest absolute Gasteiger partial charge is 0.488 e. The molecule has 4 nitrogen and oxygen atoms in total. The van der Waals surface area contributed by atoms with Crippen molar-refractivity contribution in [2.24, 2.45) is 0 Å². The molecule has 0 N–H and O–H groups in total. The summed E-state index contributed by atoms with van der Waals surface area (Å²) < 4.78 is 8.04. The van der Waals surface area contributed by atoms with Gasteiger partial charge in [-0.1, -0.05) is 131 Å². The lowest BCUT2D eigenvalue weighted by atomic mass is 10.0. The van der Waals surface area contributed by atoms with Gasteiger partial charge in [0.2, 0.25) is 5.43 Å². The molecule has 0 spiro atoms. The van der Waals surface area contributed by atoms with Crippen molar-refractivity contribution in [3.63, 3.8) is 0 Å². The van der Waals surface area contributed by atoms with Gasteiger partial charge in [0.1, 0.15) is 0 Å². The Balaban J connectivity index is 1.58. The van der Waals surface area contributed by atoms with E-state index in [0.29, 0.717) is 24.2 Å². The second kappa shape index (κ2) is 20.2. The maximum Gasteiger partial charge on any atom is 0.223 e. The first-order valence-corrected chi connectivity index (χ1v) is 16.4. The zero-order valence-corrected chi connectivity index (χ0v) is 26.1. The molecule has 0 atom stereocenters. The molecule has 1 heterocycles. The van der Waals surface area contributed by atoms with Gasteiger partial charge in [-0.25, -0.2) is 0 Å². The van der Waals surface area contributed by atoms with Gasteiger partial charge in [-0.05, 0) is 24.1 Å². The van der Waals surface area contributed by atoms with E-state index >= 15 is 0 Å². The molecule has 0 unspecified atom stereocenters. The fraction of sp³-hybridized carbons (Fsp3) is 0.667. The highest BCUT2D eigenvalue weighted by molar-refractivity contribution is 9.08. The Morgan fingerprint density at radius 3 is 1.74 bits per heavy atom. The Morgan fingerprint density at radius 1 is 0.763 bits per heavy atom. The molecular formula is C33H53BrN2O2. The van der Waals surface area contributed by atoms with Gasteiger partial charge in [0.25, 0.3) is 0 Å². The first-order chi connectivity index (χ1) is 18.5. The zero-order chi connectivity index (χ0) is 27.4.